The summed E-state index contributed by atoms with van der Waals surface area (Å²) < 4.78 is 14.5. The lowest BCUT2D eigenvalue weighted by molar-refractivity contribution is -0.715. The van der Waals surface area contributed by atoms with Crippen molar-refractivity contribution in [2.24, 2.45) is 0 Å². The summed E-state index contributed by atoms with van der Waals surface area (Å²) in [6, 6.07) is 20.4. The third-order valence-corrected chi connectivity index (χ3v) is 5.15. The molecule has 0 spiro atoms. The fraction of sp³-hybridized carbons (Fsp3) is 0.160. The number of imidazole rings is 1. The Balaban J connectivity index is 1.48. The monoisotopic (exact) mass is 461 g/mol. The number of aromatic nitrogens is 2. The molecule has 9 nitrogen and oxygen atoms in total. The molecule has 176 valence electrons. The van der Waals surface area contributed by atoms with E-state index >= 15 is 0 Å². The average Bonchev–Trinajstić information content (AvgIpc) is 3.21. The van der Waals surface area contributed by atoms with E-state index in [2.05, 4.69) is 0 Å². The minimum Gasteiger partial charge on any atom is -0.628 e. The Bertz CT molecular complexity index is 1280. The first-order valence-corrected chi connectivity index (χ1v) is 10.7. The van der Waals surface area contributed by atoms with Crippen LogP contribution in [0.15, 0.2) is 90.0 Å². The maximum atomic E-state index is 13.0. The molecule has 0 saturated heterocycles. The SMILES string of the molecule is CN(C)CCOc1ccc(-n2ccn(-c3ccc(Oc4ccccc4[NH+]([O-])[O-])cc3)c2=O)cc1. The molecular formula is C25H25N4O5-. The van der Waals surface area contributed by atoms with Crippen molar-refractivity contribution in [3.05, 3.63) is 106 Å². The molecule has 0 saturated carbocycles. The fourth-order valence-electron chi connectivity index (χ4n) is 3.34. The van der Waals surface area contributed by atoms with Gasteiger partial charge in [-0.15, -0.1) is 0 Å². The van der Waals surface area contributed by atoms with Gasteiger partial charge >= 0.3 is 5.69 Å². The van der Waals surface area contributed by atoms with Crippen LogP contribution < -0.4 is 20.4 Å². The summed E-state index contributed by atoms with van der Waals surface area (Å²) in [5.74, 6) is 1.37. The topological polar surface area (TPSA) is 99.2 Å². The number of para-hydroxylation sites is 1. The van der Waals surface area contributed by atoms with E-state index in [1.807, 2.05) is 43.3 Å². The highest BCUT2D eigenvalue weighted by Crippen LogP contribution is 2.27. The van der Waals surface area contributed by atoms with E-state index in [1.54, 1.807) is 59.4 Å². The van der Waals surface area contributed by atoms with Crippen LogP contribution in [0.1, 0.15) is 0 Å². The van der Waals surface area contributed by atoms with Gasteiger partial charge in [0.15, 0.2) is 11.4 Å². The molecule has 0 atom stereocenters. The Labute approximate surface area is 196 Å². The van der Waals surface area contributed by atoms with Crippen molar-refractivity contribution in [1.29, 1.82) is 0 Å². The second kappa shape index (κ2) is 10.4. The van der Waals surface area contributed by atoms with Crippen LogP contribution in [0.2, 0.25) is 0 Å². The number of benzene rings is 3. The highest BCUT2D eigenvalue weighted by atomic mass is 16.8. The maximum absolute atomic E-state index is 13.0. The molecule has 0 bridgehead atoms. The van der Waals surface area contributed by atoms with Gasteiger partial charge in [-0.1, -0.05) is 12.1 Å². The number of likely N-dealkylation sites (N-methyl/N-ethyl adjacent to an activating group) is 1. The van der Waals surface area contributed by atoms with Crippen LogP contribution in [0.5, 0.6) is 17.2 Å². The molecule has 0 amide bonds. The lowest BCUT2D eigenvalue weighted by Crippen LogP contribution is -2.96. The molecule has 0 fully saturated rings. The van der Waals surface area contributed by atoms with Crippen molar-refractivity contribution in [3.63, 3.8) is 0 Å². The number of hydrogen-bond donors (Lipinski definition) is 1. The van der Waals surface area contributed by atoms with Gasteiger partial charge < -0.3 is 30.0 Å². The predicted octanol–water partition coefficient (Wildman–Crippen LogP) is 2.87. The quantitative estimate of drug-likeness (QED) is 0.385. The summed E-state index contributed by atoms with van der Waals surface area (Å²) in [6.45, 7) is 1.40. The van der Waals surface area contributed by atoms with Crippen molar-refractivity contribution in [2.75, 3.05) is 27.2 Å². The van der Waals surface area contributed by atoms with E-state index in [4.69, 9.17) is 9.47 Å². The highest BCUT2D eigenvalue weighted by Gasteiger charge is 2.10. The van der Waals surface area contributed by atoms with E-state index in [0.29, 0.717) is 18.0 Å². The lowest BCUT2D eigenvalue weighted by Gasteiger charge is -2.26. The number of hydrogen-bond acceptors (Lipinski definition) is 6. The Morgan fingerprint density at radius 3 is 1.94 bits per heavy atom. The summed E-state index contributed by atoms with van der Waals surface area (Å²) >= 11 is 0. The smallest absolute Gasteiger partial charge is 0.337 e. The second-order valence-electron chi connectivity index (χ2n) is 7.85. The first-order valence-electron chi connectivity index (χ1n) is 10.7. The number of ether oxygens (including phenoxy) is 2. The van der Waals surface area contributed by atoms with Crippen molar-refractivity contribution in [3.8, 4) is 28.6 Å². The minimum absolute atomic E-state index is 0.0333. The second-order valence-corrected chi connectivity index (χ2v) is 7.85. The van der Waals surface area contributed by atoms with Gasteiger partial charge in [-0.2, -0.15) is 0 Å². The van der Waals surface area contributed by atoms with Crippen LogP contribution in [0, 0.1) is 10.4 Å². The van der Waals surface area contributed by atoms with Crippen molar-refractivity contribution in [2.45, 2.75) is 0 Å². The van der Waals surface area contributed by atoms with E-state index in [0.717, 1.165) is 18.0 Å². The van der Waals surface area contributed by atoms with Crippen LogP contribution in [-0.2, 0) is 0 Å². The highest BCUT2D eigenvalue weighted by molar-refractivity contribution is 5.49. The number of rotatable bonds is 9. The summed E-state index contributed by atoms with van der Waals surface area (Å²) in [7, 11) is 3.97. The Morgan fingerprint density at radius 1 is 0.824 bits per heavy atom. The van der Waals surface area contributed by atoms with Crippen LogP contribution in [-0.4, -0.2) is 41.3 Å². The molecule has 0 unspecified atom stereocenters. The molecule has 0 aliphatic carbocycles. The Morgan fingerprint density at radius 2 is 1.38 bits per heavy atom. The van der Waals surface area contributed by atoms with Gasteiger partial charge in [0.1, 0.15) is 18.1 Å². The summed E-state index contributed by atoms with van der Waals surface area (Å²) in [5.41, 5.74) is 1.11. The molecule has 9 heteroatoms. The average molecular weight is 461 g/mol. The molecular weight excluding hydrogens is 436 g/mol. The Kier molecular flexibility index (Phi) is 7.09. The van der Waals surface area contributed by atoms with Crippen LogP contribution >= 0.6 is 0 Å². The molecule has 1 N–H and O–H groups in total. The fourth-order valence-corrected chi connectivity index (χ4v) is 3.34. The van der Waals surface area contributed by atoms with Gasteiger partial charge in [0.05, 0.1) is 11.4 Å². The normalized spacial score (nSPS) is 11.2. The van der Waals surface area contributed by atoms with Gasteiger partial charge in [0, 0.05) is 25.0 Å². The first kappa shape index (κ1) is 23.3. The van der Waals surface area contributed by atoms with Crippen LogP contribution in [0.4, 0.5) is 5.69 Å². The van der Waals surface area contributed by atoms with Gasteiger partial charge in [0.25, 0.3) is 0 Å². The Hall–Kier alpha value is -3.89. The van der Waals surface area contributed by atoms with Crippen molar-refractivity contribution >= 4 is 5.69 Å². The lowest BCUT2D eigenvalue weighted by atomic mass is 10.2. The van der Waals surface area contributed by atoms with E-state index < -0.39 is 5.23 Å². The van der Waals surface area contributed by atoms with Crippen molar-refractivity contribution < 1.29 is 14.7 Å². The third kappa shape index (κ3) is 5.36. The molecule has 34 heavy (non-hydrogen) atoms. The number of quaternary nitrogens is 1. The molecule has 1 aromatic heterocycles. The van der Waals surface area contributed by atoms with Crippen LogP contribution in [0.25, 0.3) is 11.4 Å². The standard InChI is InChI=1S/C25H25N4O5/c1-26(2)17-18-33-21-11-7-19(8-12-21)27-15-16-28(25(27)30)20-9-13-22(14-10-20)34-24-6-4-3-5-23(24)29(31)32/h3-16,29H,17-18H2,1-2H3/q-1. The summed E-state index contributed by atoms with van der Waals surface area (Å²) in [5, 5.41) is 21.2. The summed E-state index contributed by atoms with van der Waals surface area (Å²) in [6.07, 6.45) is 3.38. The number of nitrogens with zero attached hydrogens (tertiary/aromatic N) is 3. The van der Waals surface area contributed by atoms with Crippen LogP contribution in [0.3, 0.4) is 0 Å². The van der Waals surface area contributed by atoms with Gasteiger partial charge in [-0.25, -0.2) is 4.79 Å². The van der Waals surface area contributed by atoms with Crippen molar-refractivity contribution in [1.82, 2.24) is 14.0 Å². The molecule has 3 aromatic carbocycles. The molecule has 1 heterocycles. The molecule has 4 rings (SSSR count). The van der Waals surface area contributed by atoms with E-state index in [9.17, 15) is 15.2 Å². The predicted molar refractivity (Wildman–Crippen MR) is 129 cm³/mol. The molecule has 4 aromatic rings. The minimum atomic E-state index is -1.31. The molecule has 0 aliphatic rings. The van der Waals surface area contributed by atoms with Gasteiger partial charge in [-0.05, 0) is 68.7 Å². The van der Waals surface area contributed by atoms with E-state index in [1.165, 1.54) is 10.6 Å². The summed E-state index contributed by atoms with van der Waals surface area (Å²) in [4.78, 5) is 15.0. The van der Waals surface area contributed by atoms with Gasteiger partial charge in [-0.3, -0.25) is 9.13 Å². The third-order valence-electron chi connectivity index (χ3n) is 5.15. The first-order chi connectivity index (χ1) is 16.4. The largest absolute Gasteiger partial charge is 0.628 e. The van der Waals surface area contributed by atoms with Gasteiger partial charge in [0.2, 0.25) is 0 Å². The van der Waals surface area contributed by atoms with E-state index in [-0.39, 0.29) is 17.1 Å². The zero-order valence-electron chi connectivity index (χ0n) is 18.9. The zero-order valence-corrected chi connectivity index (χ0v) is 18.9. The maximum Gasteiger partial charge on any atom is 0.337 e. The molecule has 0 aliphatic heterocycles. The zero-order chi connectivity index (χ0) is 24.1. The molecule has 0 radical (unpaired) electrons. The number of nitrogens with one attached hydrogen (secondary N) is 1.